The van der Waals surface area contributed by atoms with Crippen molar-refractivity contribution in [1.29, 1.82) is 0 Å². The van der Waals surface area contributed by atoms with Gasteiger partial charge in [0, 0.05) is 12.6 Å². The van der Waals surface area contributed by atoms with E-state index in [1.54, 1.807) is 23.1 Å². The van der Waals surface area contributed by atoms with Gasteiger partial charge < -0.3 is 14.7 Å². The maximum Gasteiger partial charge on any atom is 0.410 e. The van der Waals surface area contributed by atoms with E-state index in [1.807, 2.05) is 26.8 Å². The number of amides is 1. The Morgan fingerprint density at radius 1 is 1.21 bits per heavy atom. The number of benzene rings is 1. The Bertz CT molecular complexity index is 585. The molecule has 2 rings (SSSR count). The second-order valence-corrected chi connectivity index (χ2v) is 7.41. The van der Waals surface area contributed by atoms with Gasteiger partial charge in [0.2, 0.25) is 0 Å². The number of carboxylic acid groups (broad SMARTS) is 1. The van der Waals surface area contributed by atoms with Crippen LogP contribution in [0.15, 0.2) is 24.3 Å². The highest BCUT2D eigenvalue weighted by molar-refractivity contribution is 5.87. The van der Waals surface area contributed by atoms with E-state index in [4.69, 9.17) is 9.84 Å². The van der Waals surface area contributed by atoms with E-state index in [1.165, 1.54) is 6.42 Å². The summed E-state index contributed by atoms with van der Waals surface area (Å²) in [6.45, 7) is 5.94. The Morgan fingerprint density at radius 3 is 2.46 bits per heavy atom. The number of hydrogen-bond acceptors (Lipinski definition) is 3. The Labute approximate surface area is 143 Å². The van der Waals surface area contributed by atoms with Gasteiger partial charge in [-0.25, -0.2) is 9.59 Å². The van der Waals surface area contributed by atoms with Crippen molar-refractivity contribution in [2.24, 2.45) is 0 Å². The summed E-state index contributed by atoms with van der Waals surface area (Å²) in [7, 11) is 0. The molecule has 1 aromatic rings. The summed E-state index contributed by atoms with van der Waals surface area (Å²) in [6, 6.07) is 6.91. The van der Waals surface area contributed by atoms with Crippen LogP contribution in [0, 0.1) is 0 Å². The number of aromatic carboxylic acids is 1. The molecule has 0 spiro atoms. The summed E-state index contributed by atoms with van der Waals surface area (Å²) in [5, 5.41) is 9.15. The van der Waals surface area contributed by atoms with Crippen molar-refractivity contribution in [2.45, 2.75) is 71.1 Å². The van der Waals surface area contributed by atoms with Crippen molar-refractivity contribution in [1.82, 2.24) is 4.90 Å². The molecule has 0 bridgehead atoms. The number of nitrogens with zero attached hydrogens (tertiary/aromatic N) is 1. The first-order chi connectivity index (χ1) is 11.3. The first-order valence-electron chi connectivity index (χ1n) is 8.58. The van der Waals surface area contributed by atoms with Crippen molar-refractivity contribution in [3.05, 3.63) is 35.4 Å². The minimum absolute atomic E-state index is 0.155. The lowest BCUT2D eigenvalue weighted by Crippen LogP contribution is -2.43. The zero-order valence-corrected chi connectivity index (χ0v) is 14.7. The molecule has 0 aliphatic heterocycles. The third-order valence-corrected chi connectivity index (χ3v) is 4.17. The Morgan fingerprint density at radius 2 is 1.88 bits per heavy atom. The van der Waals surface area contributed by atoms with E-state index in [9.17, 15) is 9.59 Å². The monoisotopic (exact) mass is 333 g/mol. The largest absolute Gasteiger partial charge is 0.478 e. The van der Waals surface area contributed by atoms with E-state index in [-0.39, 0.29) is 17.7 Å². The second-order valence-electron chi connectivity index (χ2n) is 7.41. The number of carbonyl (C=O) groups excluding carboxylic acids is 1. The fourth-order valence-corrected chi connectivity index (χ4v) is 3.06. The van der Waals surface area contributed by atoms with Gasteiger partial charge in [-0.3, -0.25) is 0 Å². The highest BCUT2D eigenvalue weighted by Gasteiger charge is 2.29. The van der Waals surface area contributed by atoms with Gasteiger partial charge in [0.25, 0.3) is 0 Å². The molecule has 0 radical (unpaired) electrons. The van der Waals surface area contributed by atoms with E-state index in [0.29, 0.717) is 6.54 Å². The molecule has 5 nitrogen and oxygen atoms in total. The van der Waals surface area contributed by atoms with Gasteiger partial charge >= 0.3 is 12.1 Å². The normalized spacial score (nSPS) is 15.8. The summed E-state index contributed by atoms with van der Waals surface area (Å²) in [6.07, 6.45) is 5.04. The summed E-state index contributed by atoms with van der Waals surface area (Å²) in [4.78, 5) is 25.6. The minimum atomic E-state index is -0.960. The molecule has 1 N–H and O–H groups in total. The lowest BCUT2D eigenvalue weighted by molar-refractivity contribution is 0.00988. The molecular formula is C19H27NO4. The summed E-state index contributed by atoms with van der Waals surface area (Å²) < 4.78 is 5.57. The molecule has 1 aromatic carbocycles. The molecule has 24 heavy (non-hydrogen) atoms. The molecule has 0 atom stereocenters. The van der Waals surface area contributed by atoms with Crippen molar-refractivity contribution < 1.29 is 19.4 Å². The summed E-state index contributed by atoms with van der Waals surface area (Å²) in [5.74, 6) is -0.960. The maximum absolute atomic E-state index is 12.7. The molecule has 1 saturated carbocycles. The van der Waals surface area contributed by atoms with Crippen LogP contribution in [0.4, 0.5) is 4.79 Å². The van der Waals surface area contributed by atoms with Crippen molar-refractivity contribution in [3.8, 4) is 0 Å². The van der Waals surface area contributed by atoms with E-state index in [0.717, 1.165) is 31.2 Å². The first-order valence-corrected chi connectivity index (χ1v) is 8.58. The molecular weight excluding hydrogens is 306 g/mol. The smallest absolute Gasteiger partial charge is 0.410 e. The fourth-order valence-electron chi connectivity index (χ4n) is 3.06. The van der Waals surface area contributed by atoms with Gasteiger partial charge in [-0.2, -0.15) is 0 Å². The predicted octanol–water partition coefficient (Wildman–Crippen LogP) is 4.45. The van der Waals surface area contributed by atoms with Gasteiger partial charge in [-0.15, -0.1) is 0 Å². The van der Waals surface area contributed by atoms with Crippen LogP contribution in [0.2, 0.25) is 0 Å². The van der Waals surface area contributed by atoms with Crippen LogP contribution >= 0.6 is 0 Å². The molecule has 1 fully saturated rings. The third kappa shape index (κ3) is 5.25. The van der Waals surface area contributed by atoms with Gasteiger partial charge in [-0.1, -0.05) is 31.4 Å². The van der Waals surface area contributed by atoms with Crippen LogP contribution in [-0.4, -0.2) is 33.7 Å². The molecule has 1 aliphatic carbocycles. The average Bonchev–Trinajstić information content (AvgIpc) is 2.52. The molecule has 1 aliphatic rings. The number of hydrogen-bond donors (Lipinski definition) is 1. The molecule has 5 heteroatoms. The molecule has 132 valence electrons. The zero-order chi connectivity index (χ0) is 17.7. The third-order valence-electron chi connectivity index (χ3n) is 4.17. The number of rotatable bonds is 4. The van der Waals surface area contributed by atoms with Crippen LogP contribution in [0.5, 0.6) is 0 Å². The lowest BCUT2D eigenvalue weighted by atomic mass is 9.94. The van der Waals surface area contributed by atoms with Crippen molar-refractivity contribution in [3.63, 3.8) is 0 Å². The van der Waals surface area contributed by atoms with Crippen LogP contribution in [0.1, 0.15) is 68.8 Å². The minimum Gasteiger partial charge on any atom is -0.478 e. The van der Waals surface area contributed by atoms with Crippen LogP contribution in [0.3, 0.4) is 0 Å². The average molecular weight is 333 g/mol. The Hall–Kier alpha value is -2.04. The molecule has 0 aromatic heterocycles. The van der Waals surface area contributed by atoms with Gasteiger partial charge in [-0.05, 0) is 51.3 Å². The Balaban J connectivity index is 2.20. The molecule has 0 saturated heterocycles. The topological polar surface area (TPSA) is 66.8 Å². The van der Waals surface area contributed by atoms with Gasteiger partial charge in [0.1, 0.15) is 5.60 Å². The quantitative estimate of drug-likeness (QED) is 0.883. The van der Waals surface area contributed by atoms with Crippen molar-refractivity contribution >= 4 is 12.1 Å². The number of ether oxygens (including phenoxy) is 1. The first kappa shape index (κ1) is 18.3. The van der Waals surface area contributed by atoms with Crippen LogP contribution in [0.25, 0.3) is 0 Å². The molecule has 1 amide bonds. The highest BCUT2D eigenvalue weighted by atomic mass is 16.6. The van der Waals surface area contributed by atoms with Crippen LogP contribution in [-0.2, 0) is 11.3 Å². The maximum atomic E-state index is 12.7. The number of carboxylic acids is 1. The van der Waals surface area contributed by atoms with Gasteiger partial charge in [0.15, 0.2) is 0 Å². The van der Waals surface area contributed by atoms with Crippen molar-refractivity contribution in [2.75, 3.05) is 0 Å². The fraction of sp³-hybridized carbons (Fsp3) is 0.579. The lowest BCUT2D eigenvalue weighted by Gasteiger charge is -2.35. The molecule has 0 heterocycles. The summed E-state index contributed by atoms with van der Waals surface area (Å²) >= 11 is 0. The Kier molecular flexibility index (Phi) is 5.86. The zero-order valence-electron chi connectivity index (χ0n) is 14.7. The number of carbonyl (C=O) groups is 2. The van der Waals surface area contributed by atoms with E-state index in [2.05, 4.69) is 0 Å². The highest BCUT2D eigenvalue weighted by Crippen LogP contribution is 2.26. The van der Waals surface area contributed by atoms with Crippen LogP contribution < -0.4 is 0 Å². The van der Waals surface area contributed by atoms with E-state index < -0.39 is 11.6 Å². The summed E-state index contributed by atoms with van der Waals surface area (Å²) in [5.41, 5.74) is 0.499. The second kappa shape index (κ2) is 7.69. The van der Waals surface area contributed by atoms with E-state index >= 15 is 0 Å². The predicted molar refractivity (Wildman–Crippen MR) is 92.1 cm³/mol. The standard InChI is InChI=1S/C19H27NO4/c1-19(2,3)24-18(23)20(16-10-5-4-6-11-16)13-14-8-7-9-15(12-14)17(21)22/h7-9,12,16H,4-6,10-11,13H2,1-3H3,(H,21,22). The van der Waals surface area contributed by atoms with Gasteiger partial charge in [0.05, 0.1) is 5.56 Å². The molecule has 0 unspecified atom stereocenters. The SMILES string of the molecule is CC(C)(C)OC(=O)N(Cc1cccc(C(=O)O)c1)C1CCCCC1.